The van der Waals surface area contributed by atoms with Crippen LogP contribution in [-0.4, -0.2) is 37.1 Å². The molecule has 124 valence electrons. The summed E-state index contributed by atoms with van der Waals surface area (Å²) in [6.45, 7) is 7.19. The molecule has 1 aromatic carbocycles. The van der Waals surface area contributed by atoms with Crippen LogP contribution in [0.3, 0.4) is 0 Å². The van der Waals surface area contributed by atoms with Crippen molar-refractivity contribution in [3.8, 4) is 0 Å². The van der Waals surface area contributed by atoms with Gasteiger partial charge in [-0.05, 0) is 30.0 Å². The average molecular weight is 336 g/mol. The number of benzene rings is 1. The van der Waals surface area contributed by atoms with E-state index in [0.29, 0.717) is 34.5 Å². The minimum atomic E-state index is -4.24. The summed E-state index contributed by atoms with van der Waals surface area (Å²) >= 11 is 0.700. The van der Waals surface area contributed by atoms with E-state index in [4.69, 9.17) is 0 Å². The van der Waals surface area contributed by atoms with Crippen LogP contribution in [0.25, 0.3) is 0 Å². The molecule has 1 aliphatic rings. The summed E-state index contributed by atoms with van der Waals surface area (Å²) < 4.78 is 51.5. The molecule has 0 bridgehead atoms. The van der Waals surface area contributed by atoms with Gasteiger partial charge in [0.05, 0.1) is 11.4 Å². The Bertz CT molecular complexity index is 557. The molecule has 0 amide bonds. The minimum Gasteiger partial charge on any atom is -0.302 e. The Labute approximate surface area is 132 Å². The van der Waals surface area contributed by atoms with Crippen molar-refractivity contribution in [2.45, 2.75) is 31.8 Å². The number of hydrogen-bond acceptors (Lipinski definition) is 3. The summed E-state index contributed by atoms with van der Waals surface area (Å²) in [5.41, 5.74) is 0.866. The highest BCUT2D eigenvalue weighted by Crippen LogP contribution is 2.37. The molecule has 0 saturated carbocycles. The largest absolute Gasteiger partial charge is 0.398 e. The second-order valence-corrected chi connectivity index (χ2v) is 7.53. The van der Waals surface area contributed by atoms with Gasteiger partial charge in [-0.2, -0.15) is 13.2 Å². The van der Waals surface area contributed by atoms with Crippen molar-refractivity contribution in [3.63, 3.8) is 0 Å². The normalized spacial score (nSPS) is 19.0. The first-order valence-corrected chi connectivity index (χ1v) is 7.95. The van der Waals surface area contributed by atoms with Gasteiger partial charge >= 0.3 is 6.18 Å². The molecule has 2 nitrogen and oxygen atoms in total. The van der Waals surface area contributed by atoms with E-state index in [1.54, 1.807) is 11.9 Å². The summed E-state index contributed by atoms with van der Waals surface area (Å²) in [7, 11) is 1.86. The lowest BCUT2D eigenvalue weighted by atomic mass is 9.95. The number of hydrogen-bond donors (Lipinski definition) is 0. The first-order valence-electron chi connectivity index (χ1n) is 6.97. The molecule has 22 heavy (non-hydrogen) atoms. The lowest BCUT2D eigenvalue weighted by molar-refractivity contribution is -0.105. The molecule has 0 aliphatic carbocycles. The van der Waals surface area contributed by atoms with Gasteiger partial charge in [0.25, 0.3) is 0 Å². The Morgan fingerprint density at radius 1 is 1.23 bits per heavy atom. The molecule has 0 radical (unpaired) electrons. The first kappa shape index (κ1) is 17.4. The Morgan fingerprint density at radius 2 is 1.86 bits per heavy atom. The quantitative estimate of drug-likeness (QED) is 0.593. The molecule has 0 N–H and O–H groups in total. The molecule has 2 rings (SSSR count). The zero-order chi connectivity index (χ0) is 16.7. The number of aryl methyl sites for hydroxylation is 1. The first-order chi connectivity index (χ1) is 9.98. The van der Waals surface area contributed by atoms with Crippen molar-refractivity contribution in [3.05, 3.63) is 23.5 Å². The van der Waals surface area contributed by atoms with Crippen molar-refractivity contribution < 1.29 is 17.6 Å². The fourth-order valence-electron chi connectivity index (χ4n) is 2.71. The lowest BCUT2D eigenvalue weighted by Gasteiger charge is -2.27. The maximum absolute atomic E-state index is 14.3. The smallest absolute Gasteiger partial charge is 0.302 e. The molecule has 0 unspecified atom stereocenters. The van der Waals surface area contributed by atoms with Gasteiger partial charge in [0.1, 0.15) is 5.82 Å². The SMILES string of the molecule is Cc1cc(F)c(N2CC(C)(C)CN2C)cc1SCC(F)(F)F. The summed E-state index contributed by atoms with van der Waals surface area (Å²) in [5.74, 6) is -1.38. The zero-order valence-electron chi connectivity index (χ0n) is 13.1. The van der Waals surface area contributed by atoms with E-state index in [1.165, 1.54) is 12.1 Å². The zero-order valence-corrected chi connectivity index (χ0v) is 13.9. The van der Waals surface area contributed by atoms with Gasteiger partial charge in [0.2, 0.25) is 0 Å². The topological polar surface area (TPSA) is 6.48 Å². The summed E-state index contributed by atoms with van der Waals surface area (Å²) in [6, 6.07) is 2.84. The second-order valence-electron chi connectivity index (χ2n) is 6.51. The third-order valence-corrected chi connectivity index (χ3v) is 4.78. The number of nitrogens with zero attached hydrogens (tertiary/aromatic N) is 2. The van der Waals surface area contributed by atoms with Gasteiger partial charge in [-0.25, -0.2) is 9.40 Å². The van der Waals surface area contributed by atoms with Gasteiger partial charge in [-0.1, -0.05) is 13.8 Å². The third kappa shape index (κ3) is 4.07. The van der Waals surface area contributed by atoms with Gasteiger partial charge < -0.3 is 5.01 Å². The number of alkyl halides is 3. The van der Waals surface area contributed by atoms with Crippen molar-refractivity contribution in [2.24, 2.45) is 5.41 Å². The fraction of sp³-hybridized carbons (Fsp3) is 0.600. The Morgan fingerprint density at radius 3 is 2.36 bits per heavy atom. The Balaban J connectivity index is 2.29. The molecule has 1 aliphatic heterocycles. The molecule has 0 spiro atoms. The van der Waals surface area contributed by atoms with Crippen LogP contribution in [0.2, 0.25) is 0 Å². The van der Waals surface area contributed by atoms with E-state index in [1.807, 2.05) is 12.1 Å². The van der Waals surface area contributed by atoms with Crippen molar-refractivity contribution in [1.29, 1.82) is 0 Å². The predicted molar refractivity (Wildman–Crippen MR) is 81.7 cm³/mol. The fourth-order valence-corrected chi connectivity index (χ4v) is 3.51. The van der Waals surface area contributed by atoms with E-state index >= 15 is 0 Å². The summed E-state index contributed by atoms with van der Waals surface area (Å²) in [4.78, 5) is 0.465. The number of anilines is 1. The Kier molecular flexibility index (Phi) is 4.69. The highest BCUT2D eigenvalue weighted by Gasteiger charge is 2.35. The molecule has 0 atom stereocenters. The van der Waals surface area contributed by atoms with E-state index in [9.17, 15) is 17.6 Å². The summed E-state index contributed by atoms with van der Waals surface area (Å²) in [6.07, 6.45) is -4.24. The number of rotatable bonds is 3. The number of halogens is 4. The maximum atomic E-state index is 14.3. The molecule has 1 heterocycles. The molecule has 1 aromatic rings. The number of thioether (sulfide) groups is 1. The van der Waals surface area contributed by atoms with Crippen LogP contribution in [0.1, 0.15) is 19.4 Å². The third-order valence-electron chi connectivity index (χ3n) is 3.56. The van der Waals surface area contributed by atoms with Gasteiger partial charge in [0.15, 0.2) is 0 Å². The van der Waals surface area contributed by atoms with Crippen LogP contribution in [0.5, 0.6) is 0 Å². The Hall–Kier alpha value is -0.950. The monoisotopic (exact) mass is 336 g/mol. The van der Waals surface area contributed by atoms with Crippen LogP contribution in [0.15, 0.2) is 17.0 Å². The standard InChI is InChI=1S/C15H20F4N2S/c1-10-5-11(16)12(6-13(10)22-9-15(17,18)19)21-8-14(2,3)7-20(21)4/h5-6H,7-9H2,1-4H3. The van der Waals surface area contributed by atoms with Crippen molar-refractivity contribution in [1.82, 2.24) is 5.01 Å². The molecule has 1 saturated heterocycles. The van der Waals surface area contributed by atoms with E-state index < -0.39 is 17.7 Å². The highest BCUT2D eigenvalue weighted by atomic mass is 32.2. The molecule has 7 heteroatoms. The van der Waals surface area contributed by atoms with Gasteiger partial charge in [0, 0.05) is 25.0 Å². The van der Waals surface area contributed by atoms with E-state index in [-0.39, 0.29) is 5.41 Å². The maximum Gasteiger partial charge on any atom is 0.398 e. The molecular weight excluding hydrogens is 316 g/mol. The van der Waals surface area contributed by atoms with Gasteiger partial charge in [-0.3, -0.25) is 0 Å². The van der Waals surface area contributed by atoms with Crippen molar-refractivity contribution in [2.75, 3.05) is 30.9 Å². The highest BCUT2D eigenvalue weighted by molar-refractivity contribution is 7.99. The van der Waals surface area contributed by atoms with E-state index in [0.717, 1.165) is 6.54 Å². The lowest BCUT2D eigenvalue weighted by Crippen LogP contribution is -2.33. The van der Waals surface area contributed by atoms with Crippen LogP contribution in [-0.2, 0) is 0 Å². The number of hydrazine groups is 1. The summed E-state index contributed by atoms with van der Waals surface area (Å²) in [5, 5.41) is 3.71. The van der Waals surface area contributed by atoms with Crippen molar-refractivity contribution >= 4 is 17.4 Å². The second kappa shape index (κ2) is 5.92. The van der Waals surface area contributed by atoms with Crippen LogP contribution in [0.4, 0.5) is 23.2 Å². The van der Waals surface area contributed by atoms with Crippen LogP contribution >= 0.6 is 11.8 Å². The van der Waals surface area contributed by atoms with E-state index in [2.05, 4.69) is 13.8 Å². The minimum absolute atomic E-state index is 0.00531. The van der Waals surface area contributed by atoms with Crippen LogP contribution in [0, 0.1) is 18.2 Å². The average Bonchev–Trinajstić information content (AvgIpc) is 2.60. The molecule has 1 fully saturated rings. The van der Waals surface area contributed by atoms with Crippen LogP contribution < -0.4 is 5.01 Å². The molecule has 0 aromatic heterocycles. The molecular formula is C15H20F4N2S. The predicted octanol–water partition coefficient (Wildman–Crippen LogP) is 4.48. The van der Waals surface area contributed by atoms with Gasteiger partial charge in [-0.15, -0.1) is 11.8 Å².